The summed E-state index contributed by atoms with van der Waals surface area (Å²) < 4.78 is 5.17. The van der Waals surface area contributed by atoms with Crippen LogP contribution in [0.5, 0.6) is 5.75 Å². The third-order valence-electron chi connectivity index (χ3n) is 5.64. The molecule has 0 N–H and O–H groups in total. The Bertz CT molecular complexity index is 877. The number of amides is 2. The number of hydrogen-bond donors (Lipinski definition) is 0. The van der Waals surface area contributed by atoms with Crippen molar-refractivity contribution in [3.63, 3.8) is 0 Å². The van der Waals surface area contributed by atoms with Crippen LogP contribution in [0.3, 0.4) is 0 Å². The third-order valence-corrected chi connectivity index (χ3v) is 5.89. The predicted octanol–water partition coefficient (Wildman–Crippen LogP) is 3.05. The van der Waals surface area contributed by atoms with Crippen molar-refractivity contribution in [3.05, 3.63) is 53.6 Å². The smallest absolute Gasteiger partial charge is 0.228 e. The fraction of sp³-hybridized carbons (Fsp3) is 0.364. The molecule has 6 nitrogen and oxygen atoms in total. The van der Waals surface area contributed by atoms with Crippen molar-refractivity contribution in [1.29, 1.82) is 0 Å². The Hall–Kier alpha value is -2.73. The average molecular weight is 414 g/mol. The summed E-state index contributed by atoms with van der Waals surface area (Å²) in [6.07, 6.45) is 0.266. The largest absolute Gasteiger partial charge is 0.497 e. The van der Waals surface area contributed by atoms with Crippen molar-refractivity contribution < 1.29 is 14.3 Å². The molecule has 0 aliphatic carbocycles. The van der Waals surface area contributed by atoms with E-state index in [-0.39, 0.29) is 24.2 Å². The summed E-state index contributed by atoms with van der Waals surface area (Å²) in [5.74, 6) is 0.525. The molecule has 2 fully saturated rings. The van der Waals surface area contributed by atoms with E-state index in [2.05, 4.69) is 4.90 Å². The van der Waals surface area contributed by atoms with Crippen molar-refractivity contribution in [2.45, 2.75) is 6.42 Å². The van der Waals surface area contributed by atoms with Gasteiger partial charge in [-0.15, -0.1) is 0 Å². The van der Waals surface area contributed by atoms with Crippen LogP contribution in [0.1, 0.15) is 6.42 Å². The maximum absolute atomic E-state index is 13.0. The highest BCUT2D eigenvalue weighted by atomic mass is 35.5. The minimum Gasteiger partial charge on any atom is -0.497 e. The maximum Gasteiger partial charge on any atom is 0.228 e. The predicted molar refractivity (Wildman–Crippen MR) is 114 cm³/mol. The molecule has 2 aliphatic rings. The number of ether oxygens (including phenoxy) is 1. The lowest BCUT2D eigenvalue weighted by Crippen LogP contribution is -2.50. The van der Waals surface area contributed by atoms with Crippen molar-refractivity contribution in [3.8, 4) is 5.75 Å². The van der Waals surface area contributed by atoms with Crippen LogP contribution in [-0.4, -0.2) is 56.5 Å². The number of hydrogen-bond acceptors (Lipinski definition) is 4. The van der Waals surface area contributed by atoms with Crippen LogP contribution in [0.25, 0.3) is 0 Å². The first-order valence-electron chi connectivity index (χ1n) is 9.79. The summed E-state index contributed by atoms with van der Waals surface area (Å²) in [7, 11) is 1.61. The van der Waals surface area contributed by atoms with Gasteiger partial charge >= 0.3 is 0 Å². The summed E-state index contributed by atoms with van der Waals surface area (Å²) in [6, 6.07) is 15.1. The number of nitrogens with zero attached hydrogens (tertiary/aromatic N) is 3. The van der Waals surface area contributed by atoms with E-state index in [9.17, 15) is 9.59 Å². The molecule has 2 aliphatic heterocycles. The standard InChI is InChI=1S/C22H24ClN3O3/c1-29-20-8-6-19(7-9-20)26-15-16(14-21(26)27)22(28)25-12-10-24(11-13-25)18-4-2-17(23)3-5-18/h2-9,16H,10-15H2,1H3. The Morgan fingerprint density at radius 2 is 1.59 bits per heavy atom. The van der Waals surface area contributed by atoms with Gasteiger partial charge in [-0.05, 0) is 48.5 Å². The van der Waals surface area contributed by atoms with Gasteiger partial charge in [0.15, 0.2) is 0 Å². The molecule has 0 spiro atoms. The molecule has 7 heteroatoms. The van der Waals surface area contributed by atoms with Crippen molar-refractivity contribution in [2.24, 2.45) is 5.92 Å². The van der Waals surface area contributed by atoms with Gasteiger partial charge in [0.2, 0.25) is 11.8 Å². The molecule has 0 saturated carbocycles. The molecule has 1 unspecified atom stereocenters. The zero-order valence-electron chi connectivity index (χ0n) is 16.4. The van der Waals surface area contributed by atoms with Gasteiger partial charge < -0.3 is 19.4 Å². The van der Waals surface area contributed by atoms with Crippen LogP contribution in [0.4, 0.5) is 11.4 Å². The number of carbonyl (C=O) groups is 2. The Morgan fingerprint density at radius 1 is 0.966 bits per heavy atom. The van der Waals surface area contributed by atoms with E-state index in [0.717, 1.165) is 35.2 Å². The highest BCUT2D eigenvalue weighted by molar-refractivity contribution is 6.30. The topological polar surface area (TPSA) is 53.1 Å². The number of methoxy groups -OCH3 is 1. The Labute approximate surface area is 175 Å². The minimum absolute atomic E-state index is 0.00619. The molecule has 1 atom stereocenters. The molecular weight excluding hydrogens is 390 g/mol. The van der Waals surface area contributed by atoms with Gasteiger partial charge in [-0.3, -0.25) is 9.59 Å². The number of piperazine rings is 1. The quantitative estimate of drug-likeness (QED) is 0.773. The second kappa shape index (κ2) is 8.33. The van der Waals surface area contributed by atoms with Crippen molar-refractivity contribution in [2.75, 3.05) is 49.6 Å². The van der Waals surface area contributed by atoms with Gasteiger partial charge in [-0.25, -0.2) is 0 Å². The minimum atomic E-state index is -0.285. The molecule has 2 amide bonds. The van der Waals surface area contributed by atoms with Gasteiger partial charge in [-0.2, -0.15) is 0 Å². The number of anilines is 2. The molecule has 0 bridgehead atoms. The van der Waals surface area contributed by atoms with E-state index in [4.69, 9.17) is 16.3 Å². The zero-order valence-corrected chi connectivity index (χ0v) is 17.1. The van der Waals surface area contributed by atoms with Gasteiger partial charge in [-0.1, -0.05) is 11.6 Å². The molecule has 2 aromatic rings. The third kappa shape index (κ3) is 4.17. The Morgan fingerprint density at radius 3 is 2.21 bits per heavy atom. The highest BCUT2D eigenvalue weighted by Gasteiger charge is 2.37. The van der Waals surface area contributed by atoms with Gasteiger partial charge in [0.25, 0.3) is 0 Å². The number of rotatable bonds is 4. The molecule has 4 rings (SSSR count). The van der Waals surface area contributed by atoms with Gasteiger partial charge in [0, 0.05) is 55.5 Å². The van der Waals surface area contributed by atoms with Gasteiger partial charge in [0.1, 0.15) is 5.75 Å². The lowest BCUT2D eigenvalue weighted by molar-refractivity contribution is -0.136. The van der Waals surface area contributed by atoms with E-state index in [1.165, 1.54) is 0 Å². The van der Waals surface area contributed by atoms with E-state index in [0.29, 0.717) is 19.6 Å². The first kappa shape index (κ1) is 19.6. The maximum atomic E-state index is 13.0. The lowest BCUT2D eigenvalue weighted by Gasteiger charge is -2.37. The summed E-state index contributed by atoms with van der Waals surface area (Å²) in [5, 5.41) is 0.717. The summed E-state index contributed by atoms with van der Waals surface area (Å²) in [4.78, 5) is 31.3. The fourth-order valence-electron chi connectivity index (χ4n) is 3.98. The van der Waals surface area contributed by atoms with Crippen molar-refractivity contribution >= 4 is 34.8 Å². The van der Waals surface area contributed by atoms with Crippen LogP contribution in [0, 0.1) is 5.92 Å². The van der Waals surface area contributed by atoms with E-state index in [1.54, 1.807) is 12.0 Å². The van der Waals surface area contributed by atoms with E-state index >= 15 is 0 Å². The zero-order chi connectivity index (χ0) is 20.4. The average Bonchev–Trinajstić information content (AvgIpc) is 3.15. The molecule has 2 saturated heterocycles. The highest BCUT2D eigenvalue weighted by Crippen LogP contribution is 2.28. The van der Waals surface area contributed by atoms with Gasteiger partial charge in [0.05, 0.1) is 13.0 Å². The molecule has 0 radical (unpaired) electrons. The van der Waals surface area contributed by atoms with E-state index < -0.39 is 0 Å². The summed E-state index contributed by atoms with van der Waals surface area (Å²) >= 11 is 5.96. The normalized spacial score (nSPS) is 19.6. The Kier molecular flexibility index (Phi) is 5.62. The molecule has 2 heterocycles. The van der Waals surface area contributed by atoms with Crippen LogP contribution < -0.4 is 14.5 Å². The monoisotopic (exact) mass is 413 g/mol. The van der Waals surface area contributed by atoms with Crippen LogP contribution in [-0.2, 0) is 9.59 Å². The molecule has 29 heavy (non-hydrogen) atoms. The number of halogens is 1. The molecule has 0 aromatic heterocycles. The summed E-state index contributed by atoms with van der Waals surface area (Å²) in [6.45, 7) is 3.30. The lowest BCUT2D eigenvalue weighted by atomic mass is 10.1. The fourth-order valence-corrected chi connectivity index (χ4v) is 4.11. The number of benzene rings is 2. The van der Waals surface area contributed by atoms with Crippen LogP contribution in [0.15, 0.2) is 48.5 Å². The molecule has 2 aromatic carbocycles. The van der Waals surface area contributed by atoms with Crippen LogP contribution >= 0.6 is 11.6 Å². The van der Waals surface area contributed by atoms with Crippen LogP contribution in [0.2, 0.25) is 5.02 Å². The van der Waals surface area contributed by atoms with Crippen molar-refractivity contribution in [1.82, 2.24) is 4.90 Å². The van der Waals surface area contributed by atoms with E-state index in [1.807, 2.05) is 53.4 Å². The SMILES string of the molecule is COc1ccc(N2CC(C(=O)N3CCN(c4ccc(Cl)cc4)CC3)CC2=O)cc1. The molecular formula is C22H24ClN3O3. The second-order valence-corrected chi connectivity index (χ2v) is 7.83. The molecule has 152 valence electrons. The second-order valence-electron chi connectivity index (χ2n) is 7.39. The summed E-state index contributed by atoms with van der Waals surface area (Å²) in [5.41, 5.74) is 1.92. The Balaban J connectivity index is 1.35. The number of carbonyl (C=O) groups excluding carboxylic acids is 2. The first-order chi connectivity index (χ1) is 14.0. The first-order valence-corrected chi connectivity index (χ1v) is 10.2.